The Morgan fingerprint density at radius 1 is 1.41 bits per heavy atom. The third-order valence-electron chi connectivity index (χ3n) is 2.47. The van der Waals surface area contributed by atoms with E-state index in [9.17, 15) is 4.39 Å². The first kappa shape index (κ1) is 11.3. The lowest BCUT2D eigenvalue weighted by Crippen LogP contribution is -2.06. The van der Waals surface area contributed by atoms with E-state index in [1.165, 1.54) is 18.2 Å². The maximum absolute atomic E-state index is 13.1. The van der Waals surface area contributed by atoms with Gasteiger partial charge in [-0.1, -0.05) is 0 Å². The fraction of sp³-hybridized carbons (Fsp3) is 0.250. The minimum atomic E-state index is -0.353. The lowest BCUT2D eigenvalue weighted by Gasteiger charge is -2.05. The molecule has 0 fully saturated rings. The number of halogens is 1. The Kier molecular flexibility index (Phi) is 2.88. The molecule has 0 saturated carbocycles. The number of aryl methyl sites for hydroxylation is 2. The molecule has 0 N–H and O–H groups in total. The summed E-state index contributed by atoms with van der Waals surface area (Å²) in [6.45, 7) is 3.97. The Bertz CT molecular complexity index is 595. The number of nitriles is 1. The van der Waals surface area contributed by atoms with Crippen LogP contribution in [-0.4, -0.2) is 14.8 Å². The van der Waals surface area contributed by atoms with Crippen molar-refractivity contribution in [3.05, 3.63) is 46.8 Å². The second kappa shape index (κ2) is 4.34. The monoisotopic (exact) mass is 230 g/mol. The number of nitrogens with zero attached hydrogens (tertiary/aromatic N) is 4. The first-order valence-corrected chi connectivity index (χ1v) is 5.16. The first-order chi connectivity index (χ1) is 8.10. The van der Waals surface area contributed by atoms with Gasteiger partial charge in [0.2, 0.25) is 0 Å². The Morgan fingerprint density at radius 2 is 2.18 bits per heavy atom. The molecule has 0 unspecified atom stereocenters. The summed E-state index contributed by atoms with van der Waals surface area (Å²) in [5.74, 6) is 1.06. The Labute approximate surface area is 98.3 Å². The molecule has 86 valence electrons. The van der Waals surface area contributed by atoms with E-state index in [-0.39, 0.29) is 5.82 Å². The molecule has 1 heterocycles. The van der Waals surface area contributed by atoms with Crippen LogP contribution in [0.1, 0.15) is 22.8 Å². The Hall–Kier alpha value is -2.22. The van der Waals surface area contributed by atoms with Gasteiger partial charge in [0, 0.05) is 0 Å². The van der Waals surface area contributed by atoms with Gasteiger partial charge in [-0.15, -0.1) is 0 Å². The Balaban J connectivity index is 2.39. The number of aromatic nitrogens is 3. The summed E-state index contributed by atoms with van der Waals surface area (Å²) in [6, 6.07) is 6.15. The number of hydrogen-bond acceptors (Lipinski definition) is 3. The molecule has 0 amide bonds. The molecule has 2 rings (SSSR count). The van der Waals surface area contributed by atoms with Crippen molar-refractivity contribution in [3.8, 4) is 6.07 Å². The summed E-state index contributed by atoms with van der Waals surface area (Å²) < 4.78 is 14.8. The van der Waals surface area contributed by atoms with Crippen LogP contribution in [0.2, 0.25) is 0 Å². The predicted molar refractivity (Wildman–Crippen MR) is 59.7 cm³/mol. The van der Waals surface area contributed by atoms with Crippen LogP contribution >= 0.6 is 0 Å². The van der Waals surface area contributed by atoms with Crippen molar-refractivity contribution >= 4 is 0 Å². The van der Waals surface area contributed by atoms with Crippen molar-refractivity contribution in [1.82, 2.24) is 14.8 Å². The molecule has 0 aliphatic rings. The molecular formula is C12H11FN4. The van der Waals surface area contributed by atoms with Crippen molar-refractivity contribution in [2.75, 3.05) is 0 Å². The van der Waals surface area contributed by atoms with Crippen LogP contribution < -0.4 is 0 Å². The van der Waals surface area contributed by atoms with E-state index >= 15 is 0 Å². The van der Waals surface area contributed by atoms with Gasteiger partial charge in [0.1, 0.15) is 17.5 Å². The molecule has 0 spiro atoms. The van der Waals surface area contributed by atoms with Crippen LogP contribution in [0.3, 0.4) is 0 Å². The van der Waals surface area contributed by atoms with E-state index in [0.717, 1.165) is 5.82 Å². The summed E-state index contributed by atoms with van der Waals surface area (Å²) in [6.07, 6.45) is 0. The highest BCUT2D eigenvalue weighted by atomic mass is 19.1. The average Bonchev–Trinajstić information content (AvgIpc) is 2.58. The number of rotatable bonds is 2. The Morgan fingerprint density at radius 3 is 2.76 bits per heavy atom. The van der Waals surface area contributed by atoms with Gasteiger partial charge in [-0.25, -0.2) is 14.1 Å². The third kappa shape index (κ3) is 2.31. The van der Waals surface area contributed by atoms with Crippen molar-refractivity contribution in [3.63, 3.8) is 0 Å². The van der Waals surface area contributed by atoms with Crippen LogP contribution in [0, 0.1) is 31.0 Å². The van der Waals surface area contributed by atoms with Crippen molar-refractivity contribution < 1.29 is 4.39 Å². The molecular weight excluding hydrogens is 219 g/mol. The van der Waals surface area contributed by atoms with Crippen LogP contribution in [0.15, 0.2) is 18.2 Å². The second-order valence-corrected chi connectivity index (χ2v) is 3.78. The van der Waals surface area contributed by atoms with Gasteiger partial charge in [-0.05, 0) is 37.6 Å². The summed E-state index contributed by atoms with van der Waals surface area (Å²) in [7, 11) is 0. The maximum Gasteiger partial charge on any atom is 0.147 e. The summed E-state index contributed by atoms with van der Waals surface area (Å²) in [4.78, 5) is 4.16. The lowest BCUT2D eigenvalue weighted by atomic mass is 10.1. The lowest BCUT2D eigenvalue weighted by molar-refractivity contribution is 0.614. The van der Waals surface area contributed by atoms with E-state index < -0.39 is 0 Å². The predicted octanol–water partition coefficient (Wildman–Crippen LogP) is 1.95. The number of hydrogen-bond donors (Lipinski definition) is 0. The second-order valence-electron chi connectivity index (χ2n) is 3.78. The van der Waals surface area contributed by atoms with E-state index in [1.807, 2.05) is 13.0 Å². The van der Waals surface area contributed by atoms with E-state index in [1.54, 1.807) is 11.6 Å². The normalized spacial score (nSPS) is 10.2. The molecule has 0 radical (unpaired) electrons. The average molecular weight is 230 g/mol. The smallest absolute Gasteiger partial charge is 0.147 e. The molecule has 0 aliphatic heterocycles. The molecule has 0 atom stereocenters. The maximum atomic E-state index is 13.1. The van der Waals surface area contributed by atoms with Crippen LogP contribution in [0.5, 0.6) is 0 Å². The van der Waals surface area contributed by atoms with Gasteiger partial charge < -0.3 is 0 Å². The van der Waals surface area contributed by atoms with Gasteiger partial charge in [0.05, 0.1) is 18.2 Å². The van der Waals surface area contributed by atoms with Gasteiger partial charge in [-0.2, -0.15) is 10.4 Å². The SMILES string of the molecule is Cc1nc(C)n(Cc2cc(F)ccc2C#N)n1. The molecule has 1 aromatic heterocycles. The van der Waals surface area contributed by atoms with Gasteiger partial charge in [-0.3, -0.25) is 0 Å². The van der Waals surface area contributed by atoms with E-state index in [2.05, 4.69) is 10.1 Å². The fourth-order valence-electron chi connectivity index (χ4n) is 1.67. The fourth-order valence-corrected chi connectivity index (χ4v) is 1.67. The van der Waals surface area contributed by atoms with Crippen LogP contribution in [0.25, 0.3) is 0 Å². The van der Waals surface area contributed by atoms with Crippen molar-refractivity contribution in [2.45, 2.75) is 20.4 Å². The number of benzene rings is 1. The quantitative estimate of drug-likeness (QED) is 0.792. The summed E-state index contributed by atoms with van der Waals surface area (Å²) >= 11 is 0. The van der Waals surface area contributed by atoms with E-state index in [4.69, 9.17) is 5.26 Å². The van der Waals surface area contributed by atoms with Gasteiger partial charge in [0.25, 0.3) is 0 Å². The molecule has 0 aliphatic carbocycles. The standard InChI is InChI=1S/C12H11FN4/c1-8-15-9(2)17(16-8)7-11-5-12(13)4-3-10(11)6-14/h3-5H,7H2,1-2H3. The molecule has 2 aromatic rings. The molecule has 17 heavy (non-hydrogen) atoms. The van der Waals surface area contributed by atoms with Gasteiger partial charge >= 0.3 is 0 Å². The first-order valence-electron chi connectivity index (χ1n) is 5.16. The van der Waals surface area contributed by atoms with Crippen LogP contribution in [-0.2, 0) is 6.54 Å². The molecule has 1 aromatic carbocycles. The zero-order chi connectivity index (χ0) is 12.4. The minimum Gasteiger partial charge on any atom is -0.246 e. The highest BCUT2D eigenvalue weighted by Gasteiger charge is 2.08. The summed E-state index contributed by atoms with van der Waals surface area (Å²) in [5.41, 5.74) is 1.07. The highest BCUT2D eigenvalue weighted by Crippen LogP contribution is 2.12. The highest BCUT2D eigenvalue weighted by molar-refractivity contribution is 5.37. The molecule has 5 heteroatoms. The zero-order valence-electron chi connectivity index (χ0n) is 9.61. The van der Waals surface area contributed by atoms with Gasteiger partial charge in [0.15, 0.2) is 0 Å². The van der Waals surface area contributed by atoms with Crippen molar-refractivity contribution in [2.24, 2.45) is 0 Å². The van der Waals surface area contributed by atoms with Crippen LogP contribution in [0.4, 0.5) is 4.39 Å². The largest absolute Gasteiger partial charge is 0.246 e. The van der Waals surface area contributed by atoms with Crippen molar-refractivity contribution in [1.29, 1.82) is 5.26 Å². The topological polar surface area (TPSA) is 54.5 Å². The zero-order valence-corrected chi connectivity index (χ0v) is 9.61. The minimum absolute atomic E-state index is 0.353. The molecule has 4 nitrogen and oxygen atoms in total. The third-order valence-corrected chi connectivity index (χ3v) is 2.47. The van der Waals surface area contributed by atoms with E-state index in [0.29, 0.717) is 23.5 Å². The molecule has 0 saturated heterocycles. The summed E-state index contributed by atoms with van der Waals surface area (Å²) in [5, 5.41) is 13.1. The molecule has 0 bridgehead atoms.